The zero-order valence-corrected chi connectivity index (χ0v) is 15.7. The fraction of sp³-hybridized carbons (Fsp3) is 0.318. The van der Waals surface area contributed by atoms with E-state index >= 15 is 0 Å². The lowest BCUT2D eigenvalue weighted by molar-refractivity contribution is -0.127. The van der Waals surface area contributed by atoms with Gasteiger partial charge >= 0.3 is 0 Å². The minimum atomic E-state index is -0.0275. The van der Waals surface area contributed by atoms with Crippen LogP contribution in [0.15, 0.2) is 53.1 Å². The molecule has 1 aliphatic heterocycles. The number of aromatic nitrogens is 2. The molecular formula is C22H23N3O2. The van der Waals surface area contributed by atoms with Crippen LogP contribution in [0.5, 0.6) is 0 Å². The SMILES string of the molecule is Cc1ccc(-c2noc(C3CC(=O)N(CCc4ccccc4)C3)n2)c(C)c1. The zero-order chi connectivity index (χ0) is 18.8. The van der Waals surface area contributed by atoms with Crippen molar-refractivity contribution in [2.45, 2.75) is 32.6 Å². The van der Waals surface area contributed by atoms with Gasteiger partial charge in [-0.2, -0.15) is 4.98 Å². The first kappa shape index (κ1) is 17.5. The van der Waals surface area contributed by atoms with Gasteiger partial charge in [-0.25, -0.2) is 0 Å². The molecule has 3 aromatic rings. The van der Waals surface area contributed by atoms with Gasteiger partial charge in [-0.3, -0.25) is 4.79 Å². The van der Waals surface area contributed by atoms with Gasteiger partial charge in [-0.05, 0) is 31.4 Å². The van der Waals surface area contributed by atoms with E-state index in [0.717, 1.165) is 24.1 Å². The Morgan fingerprint density at radius 3 is 2.74 bits per heavy atom. The van der Waals surface area contributed by atoms with Crippen LogP contribution >= 0.6 is 0 Å². The van der Waals surface area contributed by atoms with E-state index in [1.807, 2.05) is 42.2 Å². The summed E-state index contributed by atoms with van der Waals surface area (Å²) < 4.78 is 5.51. The Balaban J connectivity index is 1.44. The lowest BCUT2D eigenvalue weighted by atomic mass is 10.1. The van der Waals surface area contributed by atoms with Crippen LogP contribution in [0.1, 0.15) is 34.9 Å². The zero-order valence-electron chi connectivity index (χ0n) is 15.7. The second kappa shape index (κ2) is 7.35. The van der Waals surface area contributed by atoms with Gasteiger partial charge < -0.3 is 9.42 Å². The first-order valence-electron chi connectivity index (χ1n) is 9.33. The van der Waals surface area contributed by atoms with Crippen molar-refractivity contribution < 1.29 is 9.32 Å². The maximum Gasteiger partial charge on any atom is 0.232 e. The number of hydrogen-bond donors (Lipinski definition) is 0. The van der Waals surface area contributed by atoms with E-state index in [2.05, 4.69) is 35.3 Å². The van der Waals surface area contributed by atoms with Crippen LogP contribution in [0.3, 0.4) is 0 Å². The summed E-state index contributed by atoms with van der Waals surface area (Å²) in [5.41, 5.74) is 4.54. The van der Waals surface area contributed by atoms with Gasteiger partial charge in [0.05, 0.1) is 5.92 Å². The van der Waals surface area contributed by atoms with Crippen molar-refractivity contribution in [1.29, 1.82) is 0 Å². The Hall–Kier alpha value is -2.95. The summed E-state index contributed by atoms with van der Waals surface area (Å²) in [5.74, 6) is 1.28. The maximum absolute atomic E-state index is 12.4. The molecule has 1 fully saturated rings. The Morgan fingerprint density at radius 2 is 1.96 bits per heavy atom. The quantitative estimate of drug-likeness (QED) is 0.691. The molecule has 0 N–H and O–H groups in total. The summed E-state index contributed by atoms with van der Waals surface area (Å²) in [5, 5.41) is 4.15. The standard InChI is InChI=1S/C22H23N3O2/c1-15-8-9-19(16(2)12-15)21-23-22(27-24-21)18-13-20(26)25(14-18)11-10-17-6-4-3-5-7-17/h3-9,12,18H,10-11,13-14H2,1-2H3. The van der Waals surface area contributed by atoms with Gasteiger partial charge in [0, 0.05) is 25.1 Å². The minimum absolute atomic E-state index is 0.0275. The fourth-order valence-electron chi connectivity index (χ4n) is 3.64. The van der Waals surface area contributed by atoms with Crippen molar-refractivity contribution >= 4 is 5.91 Å². The molecule has 1 atom stereocenters. The number of aryl methyl sites for hydroxylation is 2. The third-order valence-corrected chi connectivity index (χ3v) is 5.14. The topological polar surface area (TPSA) is 59.2 Å². The van der Waals surface area contributed by atoms with E-state index < -0.39 is 0 Å². The molecule has 5 nitrogen and oxygen atoms in total. The molecular weight excluding hydrogens is 338 g/mol. The second-order valence-electron chi connectivity index (χ2n) is 7.25. The van der Waals surface area contributed by atoms with E-state index in [0.29, 0.717) is 24.7 Å². The fourth-order valence-corrected chi connectivity index (χ4v) is 3.64. The van der Waals surface area contributed by atoms with Gasteiger partial charge in [0.25, 0.3) is 0 Å². The molecule has 0 radical (unpaired) electrons. The molecule has 138 valence electrons. The van der Waals surface area contributed by atoms with Crippen molar-refractivity contribution in [3.8, 4) is 11.4 Å². The highest BCUT2D eigenvalue weighted by molar-refractivity contribution is 5.79. The molecule has 27 heavy (non-hydrogen) atoms. The minimum Gasteiger partial charge on any atom is -0.342 e. The lowest BCUT2D eigenvalue weighted by Gasteiger charge is -2.15. The first-order chi connectivity index (χ1) is 13.1. The van der Waals surface area contributed by atoms with Crippen LogP contribution in [0, 0.1) is 13.8 Å². The Morgan fingerprint density at radius 1 is 1.15 bits per heavy atom. The lowest BCUT2D eigenvalue weighted by Crippen LogP contribution is -2.27. The largest absolute Gasteiger partial charge is 0.342 e. The van der Waals surface area contributed by atoms with Gasteiger partial charge in [0.1, 0.15) is 0 Å². The summed E-state index contributed by atoms with van der Waals surface area (Å²) >= 11 is 0. The molecule has 0 aliphatic carbocycles. The van der Waals surface area contributed by atoms with E-state index in [1.165, 1.54) is 11.1 Å². The van der Waals surface area contributed by atoms with E-state index in [9.17, 15) is 4.79 Å². The predicted octanol–water partition coefficient (Wildman–Crippen LogP) is 3.91. The molecule has 1 saturated heterocycles. The third kappa shape index (κ3) is 3.77. The van der Waals surface area contributed by atoms with Gasteiger partial charge in [0.15, 0.2) is 0 Å². The molecule has 4 rings (SSSR count). The van der Waals surface area contributed by atoms with Gasteiger partial charge in [-0.1, -0.05) is 59.3 Å². The van der Waals surface area contributed by atoms with Crippen molar-refractivity contribution in [2.75, 3.05) is 13.1 Å². The van der Waals surface area contributed by atoms with Crippen LogP contribution in [0.4, 0.5) is 0 Å². The van der Waals surface area contributed by atoms with Gasteiger partial charge in [-0.15, -0.1) is 0 Å². The van der Waals surface area contributed by atoms with Gasteiger partial charge in [0.2, 0.25) is 17.6 Å². The van der Waals surface area contributed by atoms with Crippen molar-refractivity contribution in [3.63, 3.8) is 0 Å². The number of nitrogens with zero attached hydrogens (tertiary/aromatic N) is 3. The molecule has 1 aromatic heterocycles. The van der Waals surface area contributed by atoms with E-state index in [1.54, 1.807) is 0 Å². The second-order valence-corrected chi connectivity index (χ2v) is 7.25. The number of benzene rings is 2. The molecule has 2 aromatic carbocycles. The predicted molar refractivity (Wildman–Crippen MR) is 103 cm³/mol. The van der Waals surface area contributed by atoms with Crippen LogP contribution < -0.4 is 0 Å². The van der Waals surface area contributed by atoms with Crippen LogP contribution in [0.25, 0.3) is 11.4 Å². The monoisotopic (exact) mass is 361 g/mol. The van der Waals surface area contributed by atoms with Crippen LogP contribution in [-0.4, -0.2) is 34.0 Å². The Bertz CT molecular complexity index is 949. The summed E-state index contributed by atoms with van der Waals surface area (Å²) in [7, 11) is 0. The molecule has 5 heteroatoms. The summed E-state index contributed by atoms with van der Waals surface area (Å²) in [6.45, 7) is 5.47. The van der Waals surface area contributed by atoms with E-state index in [4.69, 9.17) is 4.52 Å². The third-order valence-electron chi connectivity index (χ3n) is 5.14. The number of rotatable bonds is 5. The molecule has 0 saturated carbocycles. The normalized spacial score (nSPS) is 16.9. The summed E-state index contributed by atoms with van der Waals surface area (Å²) in [6, 6.07) is 16.4. The van der Waals surface area contributed by atoms with Crippen LogP contribution in [0.2, 0.25) is 0 Å². The van der Waals surface area contributed by atoms with Crippen molar-refractivity contribution in [3.05, 3.63) is 71.1 Å². The Kier molecular flexibility index (Phi) is 4.75. The highest BCUT2D eigenvalue weighted by atomic mass is 16.5. The van der Waals surface area contributed by atoms with Crippen molar-refractivity contribution in [1.82, 2.24) is 15.0 Å². The highest BCUT2D eigenvalue weighted by Crippen LogP contribution is 2.29. The smallest absolute Gasteiger partial charge is 0.232 e. The first-order valence-corrected chi connectivity index (χ1v) is 9.33. The molecule has 1 unspecified atom stereocenters. The number of hydrogen-bond acceptors (Lipinski definition) is 4. The molecule has 1 aliphatic rings. The van der Waals surface area contributed by atoms with E-state index in [-0.39, 0.29) is 11.8 Å². The molecule has 0 spiro atoms. The highest BCUT2D eigenvalue weighted by Gasteiger charge is 2.34. The molecule has 1 amide bonds. The summed E-state index contributed by atoms with van der Waals surface area (Å²) in [6.07, 6.45) is 1.29. The number of amides is 1. The average molecular weight is 361 g/mol. The molecule has 2 heterocycles. The summed E-state index contributed by atoms with van der Waals surface area (Å²) in [4.78, 5) is 18.9. The maximum atomic E-state index is 12.4. The molecule has 0 bridgehead atoms. The van der Waals surface area contributed by atoms with Crippen molar-refractivity contribution in [2.24, 2.45) is 0 Å². The average Bonchev–Trinajstić information content (AvgIpc) is 3.28. The Labute approximate surface area is 159 Å². The number of carbonyl (C=O) groups excluding carboxylic acids is 1. The number of likely N-dealkylation sites (tertiary alicyclic amines) is 1. The number of carbonyl (C=O) groups is 1. The van der Waals surface area contributed by atoms with Crippen LogP contribution in [-0.2, 0) is 11.2 Å².